The van der Waals surface area contributed by atoms with E-state index >= 15 is 0 Å². The molecule has 1 aliphatic rings. The van der Waals surface area contributed by atoms with E-state index in [1.54, 1.807) is 14.2 Å². The van der Waals surface area contributed by atoms with Gasteiger partial charge in [-0.3, -0.25) is 4.79 Å². The molecule has 0 atom stereocenters. The molecule has 3 aromatic carbocycles. The van der Waals surface area contributed by atoms with Crippen LogP contribution in [-0.2, 0) is 19.5 Å². The lowest BCUT2D eigenvalue weighted by atomic mass is 9.98. The highest BCUT2D eigenvalue weighted by Gasteiger charge is 2.22. The lowest BCUT2D eigenvalue weighted by molar-refractivity contribution is 0.0952. The molecule has 0 unspecified atom stereocenters. The van der Waals surface area contributed by atoms with Gasteiger partial charge in [-0.1, -0.05) is 36.4 Å². The van der Waals surface area contributed by atoms with Crippen LogP contribution in [0.5, 0.6) is 17.2 Å². The number of benzene rings is 3. The summed E-state index contributed by atoms with van der Waals surface area (Å²) in [6.07, 6.45) is 0.847. The fraction of sp³-hybridized carbons (Fsp3) is 0.267. The second kappa shape index (κ2) is 10.8. The molecule has 190 valence electrons. The zero-order chi connectivity index (χ0) is 25.8. The molecule has 0 fully saturated rings. The maximum Gasteiger partial charge on any atom is 0.252 e. The number of nitrogens with one attached hydrogen (secondary N) is 1. The molecule has 0 saturated heterocycles. The molecular formula is C30H31N3O4. The smallest absolute Gasteiger partial charge is 0.252 e. The molecule has 37 heavy (non-hydrogen) atoms. The van der Waals surface area contributed by atoms with Crippen molar-refractivity contribution in [1.29, 1.82) is 0 Å². The fourth-order valence-electron chi connectivity index (χ4n) is 4.81. The van der Waals surface area contributed by atoms with Crippen molar-refractivity contribution < 1.29 is 19.0 Å². The molecule has 5 rings (SSSR count). The SMILES string of the molecule is CCOc1ccccc1CNC(=O)c1cc(N2CCc3cc(OC)c(OC)cc3C2)nc2ccccc12. The van der Waals surface area contributed by atoms with Crippen LogP contribution in [0.4, 0.5) is 5.82 Å². The molecule has 0 bridgehead atoms. The second-order valence-electron chi connectivity index (χ2n) is 8.92. The van der Waals surface area contributed by atoms with Gasteiger partial charge in [0.15, 0.2) is 11.5 Å². The highest BCUT2D eigenvalue weighted by Crippen LogP contribution is 2.35. The summed E-state index contributed by atoms with van der Waals surface area (Å²) in [4.78, 5) is 20.6. The largest absolute Gasteiger partial charge is 0.494 e. The number of anilines is 1. The molecule has 1 aliphatic heterocycles. The van der Waals surface area contributed by atoms with Gasteiger partial charge in [-0.2, -0.15) is 0 Å². The first-order chi connectivity index (χ1) is 18.1. The minimum atomic E-state index is -0.144. The van der Waals surface area contributed by atoms with Crippen LogP contribution in [0, 0.1) is 0 Å². The minimum Gasteiger partial charge on any atom is -0.494 e. The number of para-hydroxylation sites is 2. The zero-order valence-corrected chi connectivity index (χ0v) is 21.4. The molecule has 1 amide bonds. The molecule has 7 nitrogen and oxygen atoms in total. The first-order valence-electron chi connectivity index (χ1n) is 12.5. The van der Waals surface area contributed by atoms with Crippen LogP contribution in [0.2, 0.25) is 0 Å². The van der Waals surface area contributed by atoms with E-state index in [-0.39, 0.29) is 5.91 Å². The Labute approximate surface area is 217 Å². The van der Waals surface area contributed by atoms with Gasteiger partial charge in [0, 0.05) is 30.6 Å². The third kappa shape index (κ3) is 5.03. The van der Waals surface area contributed by atoms with E-state index in [1.807, 2.05) is 67.6 Å². The molecule has 4 aromatic rings. The monoisotopic (exact) mass is 497 g/mol. The molecule has 1 aromatic heterocycles. The lowest BCUT2D eigenvalue weighted by Gasteiger charge is -2.31. The number of hydrogen-bond acceptors (Lipinski definition) is 6. The number of fused-ring (bicyclic) bond motifs is 2. The average molecular weight is 498 g/mol. The van der Waals surface area contributed by atoms with Crippen LogP contribution in [-0.4, -0.2) is 38.3 Å². The van der Waals surface area contributed by atoms with Crippen molar-refractivity contribution >= 4 is 22.6 Å². The Hall–Kier alpha value is -4.26. The Kier molecular flexibility index (Phi) is 7.12. The molecule has 7 heteroatoms. The number of aromatic nitrogens is 1. The summed E-state index contributed by atoms with van der Waals surface area (Å²) >= 11 is 0. The van der Waals surface area contributed by atoms with Crippen molar-refractivity contribution in [3.05, 3.63) is 89.0 Å². The van der Waals surface area contributed by atoms with Crippen LogP contribution in [0.3, 0.4) is 0 Å². The number of ether oxygens (including phenoxy) is 3. The van der Waals surface area contributed by atoms with Crippen molar-refractivity contribution in [2.24, 2.45) is 0 Å². The third-order valence-corrected chi connectivity index (χ3v) is 6.70. The topological polar surface area (TPSA) is 72.9 Å². The van der Waals surface area contributed by atoms with Gasteiger partial charge < -0.3 is 24.4 Å². The van der Waals surface area contributed by atoms with Crippen molar-refractivity contribution in [3.63, 3.8) is 0 Å². The third-order valence-electron chi connectivity index (χ3n) is 6.70. The number of rotatable bonds is 8. The van der Waals surface area contributed by atoms with Crippen LogP contribution >= 0.6 is 0 Å². The maximum absolute atomic E-state index is 13.5. The second-order valence-corrected chi connectivity index (χ2v) is 8.92. The molecule has 0 radical (unpaired) electrons. The predicted octanol–water partition coefficient (Wildman–Crippen LogP) is 5.14. The number of carbonyl (C=O) groups excluding carboxylic acids is 1. The maximum atomic E-state index is 13.5. The van der Waals surface area contributed by atoms with Gasteiger partial charge in [0.05, 0.1) is 31.9 Å². The van der Waals surface area contributed by atoms with Gasteiger partial charge >= 0.3 is 0 Å². The molecule has 2 heterocycles. The van der Waals surface area contributed by atoms with Crippen LogP contribution in [0.25, 0.3) is 10.9 Å². The van der Waals surface area contributed by atoms with E-state index < -0.39 is 0 Å². The number of amides is 1. The minimum absolute atomic E-state index is 0.144. The number of carbonyl (C=O) groups is 1. The molecule has 0 spiro atoms. The van der Waals surface area contributed by atoms with E-state index in [0.717, 1.165) is 52.3 Å². The normalized spacial score (nSPS) is 12.7. The summed E-state index contributed by atoms with van der Waals surface area (Å²) in [5.74, 6) is 2.86. The van der Waals surface area contributed by atoms with Crippen molar-refractivity contribution in [2.45, 2.75) is 26.4 Å². The van der Waals surface area contributed by atoms with E-state index in [1.165, 1.54) is 5.56 Å². The van der Waals surface area contributed by atoms with E-state index in [9.17, 15) is 4.79 Å². The number of pyridine rings is 1. The number of methoxy groups -OCH3 is 2. The first kappa shape index (κ1) is 24.4. The first-order valence-corrected chi connectivity index (χ1v) is 12.5. The summed E-state index contributed by atoms with van der Waals surface area (Å²) in [7, 11) is 3.30. The molecule has 0 aliphatic carbocycles. The predicted molar refractivity (Wildman–Crippen MR) is 145 cm³/mol. The summed E-state index contributed by atoms with van der Waals surface area (Å²) in [6.45, 7) is 4.35. The Bertz CT molecular complexity index is 1440. The van der Waals surface area contributed by atoms with Crippen molar-refractivity contribution in [2.75, 3.05) is 32.3 Å². The Morgan fingerprint density at radius 3 is 2.46 bits per heavy atom. The van der Waals surface area contributed by atoms with Gasteiger partial charge in [-0.05, 0) is 54.8 Å². The van der Waals surface area contributed by atoms with Gasteiger partial charge in [0.2, 0.25) is 0 Å². The van der Waals surface area contributed by atoms with Gasteiger partial charge in [0.1, 0.15) is 11.6 Å². The summed E-state index contributed by atoms with van der Waals surface area (Å²) < 4.78 is 16.7. The van der Waals surface area contributed by atoms with Crippen LogP contribution in [0.1, 0.15) is 34.0 Å². The highest BCUT2D eigenvalue weighted by molar-refractivity contribution is 6.07. The van der Waals surface area contributed by atoms with E-state index in [2.05, 4.69) is 16.3 Å². The van der Waals surface area contributed by atoms with E-state index in [4.69, 9.17) is 19.2 Å². The quantitative estimate of drug-likeness (QED) is 0.363. The van der Waals surface area contributed by atoms with E-state index in [0.29, 0.717) is 31.0 Å². The standard InChI is InChI=1S/C30H31N3O4/c1-4-37-26-12-8-5-9-21(26)18-31-30(34)24-17-29(32-25-11-7-6-10-23(24)25)33-14-13-20-15-27(35-2)28(36-3)16-22(20)19-33/h5-12,15-17H,4,13-14,18-19H2,1-3H3,(H,31,34). The summed E-state index contributed by atoms with van der Waals surface area (Å²) in [6, 6.07) is 21.5. The molecular weight excluding hydrogens is 466 g/mol. The zero-order valence-electron chi connectivity index (χ0n) is 21.4. The Morgan fingerprint density at radius 2 is 1.68 bits per heavy atom. The molecule has 1 N–H and O–H groups in total. The van der Waals surface area contributed by atoms with Gasteiger partial charge in [0.25, 0.3) is 5.91 Å². The highest BCUT2D eigenvalue weighted by atomic mass is 16.5. The Morgan fingerprint density at radius 1 is 0.946 bits per heavy atom. The van der Waals surface area contributed by atoms with Crippen molar-refractivity contribution in [1.82, 2.24) is 10.3 Å². The Balaban J connectivity index is 1.44. The fourth-order valence-corrected chi connectivity index (χ4v) is 4.81. The molecule has 0 saturated carbocycles. The number of hydrogen-bond donors (Lipinski definition) is 1. The number of nitrogens with zero attached hydrogens (tertiary/aromatic N) is 2. The summed E-state index contributed by atoms with van der Waals surface area (Å²) in [5, 5.41) is 3.91. The van der Waals surface area contributed by atoms with Gasteiger partial charge in [-0.15, -0.1) is 0 Å². The van der Waals surface area contributed by atoms with Crippen LogP contribution in [0.15, 0.2) is 66.7 Å². The van der Waals surface area contributed by atoms with Gasteiger partial charge in [-0.25, -0.2) is 4.98 Å². The average Bonchev–Trinajstić information content (AvgIpc) is 2.95. The van der Waals surface area contributed by atoms with Crippen molar-refractivity contribution in [3.8, 4) is 17.2 Å². The lowest BCUT2D eigenvalue weighted by Crippen LogP contribution is -2.31. The van der Waals surface area contributed by atoms with Crippen LogP contribution < -0.4 is 24.4 Å². The summed E-state index contributed by atoms with van der Waals surface area (Å²) in [5.41, 5.74) is 4.73.